The predicted molar refractivity (Wildman–Crippen MR) is 76.6 cm³/mol. The van der Waals surface area contributed by atoms with Crippen molar-refractivity contribution in [1.82, 2.24) is 0 Å². The number of carbonyl (C=O) groups excluding carboxylic acids is 1. The lowest BCUT2D eigenvalue weighted by atomic mass is 10.1. The van der Waals surface area contributed by atoms with Crippen LogP contribution in [0, 0.1) is 10.1 Å². The van der Waals surface area contributed by atoms with Crippen LogP contribution in [0.15, 0.2) is 12.1 Å². The van der Waals surface area contributed by atoms with Gasteiger partial charge in [0, 0.05) is 12.6 Å². The molecule has 1 aromatic carbocycles. The smallest absolute Gasteiger partial charge is 0.296 e. The maximum Gasteiger partial charge on any atom is 0.296 e. The van der Waals surface area contributed by atoms with E-state index in [1.807, 2.05) is 6.92 Å². The van der Waals surface area contributed by atoms with Gasteiger partial charge in [0.2, 0.25) is 0 Å². The van der Waals surface area contributed by atoms with Gasteiger partial charge in [0.05, 0.1) is 16.7 Å². The van der Waals surface area contributed by atoms with Gasteiger partial charge in [-0.15, -0.1) is 0 Å². The van der Waals surface area contributed by atoms with E-state index in [-0.39, 0.29) is 36.6 Å². The first kappa shape index (κ1) is 15.0. The summed E-state index contributed by atoms with van der Waals surface area (Å²) in [6, 6.07) is 2.69. The van der Waals surface area contributed by atoms with Crippen molar-refractivity contribution in [1.29, 1.82) is 0 Å². The Morgan fingerprint density at radius 3 is 2.95 bits per heavy atom. The van der Waals surface area contributed by atoms with Crippen molar-refractivity contribution in [2.24, 2.45) is 0 Å². The van der Waals surface area contributed by atoms with Crippen molar-refractivity contribution in [3.8, 4) is 5.75 Å². The molecule has 1 aromatic rings. The molecule has 0 fully saturated rings. The van der Waals surface area contributed by atoms with E-state index < -0.39 is 4.92 Å². The van der Waals surface area contributed by atoms with Gasteiger partial charge in [-0.1, -0.05) is 6.92 Å². The van der Waals surface area contributed by atoms with E-state index in [1.54, 1.807) is 0 Å². The van der Waals surface area contributed by atoms with Gasteiger partial charge in [-0.2, -0.15) is 0 Å². The summed E-state index contributed by atoms with van der Waals surface area (Å²) in [4.78, 5) is 22.0. The summed E-state index contributed by atoms with van der Waals surface area (Å²) < 4.78 is 5.18. The van der Waals surface area contributed by atoms with Crippen LogP contribution in [0.5, 0.6) is 5.75 Å². The lowest BCUT2D eigenvalue weighted by Gasteiger charge is -2.21. The van der Waals surface area contributed by atoms with Gasteiger partial charge in [-0.25, -0.2) is 0 Å². The molecule has 0 bridgehead atoms. The molecule has 3 N–H and O–H groups in total. The number of aliphatic hydroxyl groups excluding tert-OH is 1. The molecule has 1 aliphatic heterocycles. The summed E-state index contributed by atoms with van der Waals surface area (Å²) in [5.41, 5.74) is 0.573. The Morgan fingerprint density at radius 2 is 2.33 bits per heavy atom. The van der Waals surface area contributed by atoms with E-state index in [1.165, 1.54) is 12.1 Å². The molecule has 0 spiro atoms. The minimum absolute atomic E-state index is 0.00983. The van der Waals surface area contributed by atoms with Crippen LogP contribution in [0.2, 0.25) is 0 Å². The molecule has 1 heterocycles. The highest BCUT2D eigenvalue weighted by Crippen LogP contribution is 2.38. The number of hydrogen-bond acceptors (Lipinski definition) is 6. The van der Waals surface area contributed by atoms with E-state index in [4.69, 9.17) is 9.84 Å². The molecule has 21 heavy (non-hydrogen) atoms. The lowest BCUT2D eigenvalue weighted by molar-refractivity contribution is -0.384. The molecule has 2 rings (SSSR count). The second-order valence-corrected chi connectivity index (χ2v) is 4.72. The molecule has 0 saturated carbocycles. The van der Waals surface area contributed by atoms with Crippen LogP contribution >= 0.6 is 0 Å². The summed E-state index contributed by atoms with van der Waals surface area (Å²) in [5, 5.41) is 25.8. The monoisotopic (exact) mass is 295 g/mol. The zero-order valence-electron chi connectivity index (χ0n) is 11.6. The number of hydrogen-bond donors (Lipinski definition) is 3. The highest BCUT2D eigenvalue weighted by atomic mass is 16.6. The average Bonchev–Trinajstić information content (AvgIpc) is 2.45. The highest BCUT2D eigenvalue weighted by Gasteiger charge is 2.24. The molecule has 8 heteroatoms. The number of amides is 1. The van der Waals surface area contributed by atoms with Crippen LogP contribution in [0.25, 0.3) is 0 Å². The van der Waals surface area contributed by atoms with Gasteiger partial charge < -0.3 is 20.5 Å². The summed E-state index contributed by atoms with van der Waals surface area (Å²) in [6.07, 6.45) is 1.19. The Morgan fingerprint density at radius 1 is 1.57 bits per heavy atom. The quantitative estimate of drug-likeness (QED) is 0.541. The third-order valence-corrected chi connectivity index (χ3v) is 3.26. The number of rotatable bonds is 6. The van der Waals surface area contributed by atoms with Gasteiger partial charge in [-0.05, 0) is 18.9 Å². The molecule has 1 aliphatic rings. The zero-order valence-corrected chi connectivity index (χ0v) is 11.6. The van der Waals surface area contributed by atoms with Crippen LogP contribution in [0.3, 0.4) is 0 Å². The van der Waals surface area contributed by atoms with Gasteiger partial charge in [-0.3, -0.25) is 14.9 Å². The zero-order chi connectivity index (χ0) is 15.4. The Kier molecular flexibility index (Phi) is 4.59. The largest absolute Gasteiger partial charge is 0.481 e. The lowest BCUT2D eigenvalue weighted by Crippen LogP contribution is -2.26. The number of anilines is 2. The molecular weight excluding hydrogens is 278 g/mol. The number of benzene rings is 1. The first-order valence-corrected chi connectivity index (χ1v) is 6.67. The maximum absolute atomic E-state index is 11.3. The molecule has 1 atom stereocenters. The topological polar surface area (TPSA) is 114 Å². The predicted octanol–water partition coefficient (Wildman–Crippen LogP) is 1.50. The first-order valence-electron chi connectivity index (χ1n) is 6.67. The summed E-state index contributed by atoms with van der Waals surface area (Å²) in [5.74, 6) is -0.0215. The number of aliphatic hydroxyl groups is 1. The summed E-state index contributed by atoms with van der Waals surface area (Å²) >= 11 is 0. The van der Waals surface area contributed by atoms with Crippen LogP contribution in [0.4, 0.5) is 17.1 Å². The van der Waals surface area contributed by atoms with Crippen molar-refractivity contribution in [2.75, 3.05) is 23.8 Å². The van der Waals surface area contributed by atoms with Gasteiger partial charge in [0.1, 0.15) is 5.69 Å². The van der Waals surface area contributed by atoms with Crippen LogP contribution < -0.4 is 15.4 Å². The molecule has 0 saturated heterocycles. The molecule has 1 amide bonds. The third kappa shape index (κ3) is 3.40. The first-order chi connectivity index (χ1) is 10.0. The molecule has 8 nitrogen and oxygen atoms in total. The SMILES string of the molecule is CCC(CCO)Nc1cc2c(cc1[N+](=O)[O-])OCC(=O)N2. The van der Waals surface area contributed by atoms with Crippen LogP contribution in [0.1, 0.15) is 19.8 Å². The molecule has 114 valence electrons. The Bertz CT molecular complexity index is 561. The normalized spacial score (nSPS) is 14.7. The molecule has 0 radical (unpaired) electrons. The number of nitrogens with zero attached hydrogens (tertiary/aromatic N) is 1. The minimum atomic E-state index is -0.506. The number of ether oxygens (including phenoxy) is 1. The van der Waals surface area contributed by atoms with Crippen LogP contribution in [-0.2, 0) is 4.79 Å². The van der Waals surface area contributed by atoms with E-state index in [0.29, 0.717) is 24.2 Å². The van der Waals surface area contributed by atoms with E-state index in [2.05, 4.69) is 10.6 Å². The van der Waals surface area contributed by atoms with Crippen molar-refractivity contribution in [3.05, 3.63) is 22.2 Å². The highest BCUT2D eigenvalue weighted by molar-refractivity contribution is 5.96. The molecule has 0 aromatic heterocycles. The molecule has 0 aliphatic carbocycles. The van der Waals surface area contributed by atoms with Crippen molar-refractivity contribution >= 4 is 23.0 Å². The van der Waals surface area contributed by atoms with E-state index in [0.717, 1.165) is 0 Å². The second kappa shape index (κ2) is 6.40. The number of carbonyl (C=O) groups is 1. The van der Waals surface area contributed by atoms with Crippen molar-refractivity contribution in [2.45, 2.75) is 25.8 Å². The fourth-order valence-corrected chi connectivity index (χ4v) is 2.14. The third-order valence-electron chi connectivity index (χ3n) is 3.26. The van der Waals surface area contributed by atoms with Gasteiger partial charge >= 0.3 is 0 Å². The molecular formula is C13H17N3O5. The van der Waals surface area contributed by atoms with E-state index >= 15 is 0 Å². The fourth-order valence-electron chi connectivity index (χ4n) is 2.14. The van der Waals surface area contributed by atoms with Crippen molar-refractivity contribution < 1.29 is 19.6 Å². The Labute approximate surface area is 121 Å². The number of nitro groups is 1. The Hall–Kier alpha value is -2.35. The minimum Gasteiger partial charge on any atom is -0.481 e. The fraction of sp³-hybridized carbons (Fsp3) is 0.462. The number of nitrogens with one attached hydrogen (secondary N) is 2. The number of nitro benzene ring substituents is 1. The number of fused-ring (bicyclic) bond motifs is 1. The molecule has 1 unspecified atom stereocenters. The Balaban J connectivity index is 2.35. The average molecular weight is 295 g/mol. The maximum atomic E-state index is 11.3. The van der Waals surface area contributed by atoms with Crippen molar-refractivity contribution in [3.63, 3.8) is 0 Å². The van der Waals surface area contributed by atoms with Crippen LogP contribution in [-0.4, -0.2) is 35.2 Å². The van der Waals surface area contributed by atoms with Gasteiger partial charge in [0.25, 0.3) is 11.6 Å². The van der Waals surface area contributed by atoms with E-state index in [9.17, 15) is 14.9 Å². The van der Waals surface area contributed by atoms with Gasteiger partial charge in [0.15, 0.2) is 12.4 Å². The second-order valence-electron chi connectivity index (χ2n) is 4.72. The summed E-state index contributed by atoms with van der Waals surface area (Å²) in [6.45, 7) is 1.76. The summed E-state index contributed by atoms with van der Waals surface area (Å²) in [7, 11) is 0. The standard InChI is InChI=1S/C13H17N3O5/c1-2-8(3-4-17)14-9-5-10-12(6-11(9)16(19)20)21-7-13(18)15-10/h5-6,8,14,17H,2-4,7H2,1H3,(H,15,18).